The molecule has 1 fully saturated rings. The zero-order valence-corrected chi connectivity index (χ0v) is 15.5. The highest BCUT2D eigenvalue weighted by atomic mass is 32.2. The molecule has 0 saturated carbocycles. The Labute approximate surface area is 160 Å². The minimum absolute atomic E-state index is 0.124. The maximum Gasteiger partial charge on any atom is 0.249 e. The van der Waals surface area contributed by atoms with Crippen LogP contribution < -0.4 is 0 Å². The van der Waals surface area contributed by atoms with Gasteiger partial charge in [-0.1, -0.05) is 11.2 Å². The zero-order valence-electron chi connectivity index (χ0n) is 14.7. The molecular weight excluding hydrogens is 392 g/mol. The summed E-state index contributed by atoms with van der Waals surface area (Å²) >= 11 is 0. The molecule has 2 aromatic heterocycles. The summed E-state index contributed by atoms with van der Waals surface area (Å²) in [6.07, 6.45) is 1.54. The van der Waals surface area contributed by atoms with E-state index in [2.05, 4.69) is 5.16 Å². The van der Waals surface area contributed by atoms with E-state index in [1.165, 1.54) is 6.26 Å². The van der Waals surface area contributed by atoms with E-state index in [0.717, 1.165) is 22.5 Å². The molecule has 4 rings (SSSR count). The molecule has 10 heteroatoms. The van der Waals surface area contributed by atoms with Crippen LogP contribution in [0, 0.1) is 11.6 Å². The van der Waals surface area contributed by atoms with Crippen molar-refractivity contribution in [3.8, 4) is 11.5 Å². The molecule has 0 spiro atoms. The van der Waals surface area contributed by atoms with Crippen LogP contribution in [0.2, 0.25) is 0 Å². The van der Waals surface area contributed by atoms with Crippen LogP contribution in [-0.2, 0) is 16.6 Å². The summed E-state index contributed by atoms with van der Waals surface area (Å²) in [5.41, 5.74) is 0.683. The molecule has 3 aromatic rings. The second-order valence-electron chi connectivity index (χ2n) is 6.39. The molecule has 0 unspecified atom stereocenters. The van der Waals surface area contributed by atoms with Gasteiger partial charge in [-0.2, -0.15) is 4.31 Å². The normalized spacial score (nSPS) is 16.5. The summed E-state index contributed by atoms with van der Waals surface area (Å²) in [5, 5.41) is 4.00. The first-order valence-electron chi connectivity index (χ1n) is 8.61. The SMILES string of the molecule is O=S(=O)(c1c(F)cccc1F)N1CCN(Cc2cc(-c3ccco3)on2)CC1. The summed E-state index contributed by atoms with van der Waals surface area (Å²) in [6, 6.07) is 8.28. The largest absolute Gasteiger partial charge is 0.461 e. The van der Waals surface area contributed by atoms with Crippen molar-refractivity contribution in [2.24, 2.45) is 0 Å². The molecular formula is C18H17F2N3O4S. The zero-order chi connectivity index (χ0) is 19.7. The molecule has 1 aromatic carbocycles. The quantitative estimate of drug-likeness (QED) is 0.645. The third-order valence-electron chi connectivity index (χ3n) is 4.56. The van der Waals surface area contributed by atoms with Crippen LogP contribution in [0.15, 0.2) is 56.5 Å². The highest BCUT2D eigenvalue weighted by Gasteiger charge is 2.33. The van der Waals surface area contributed by atoms with Crippen LogP contribution in [0.5, 0.6) is 0 Å². The van der Waals surface area contributed by atoms with Gasteiger partial charge >= 0.3 is 0 Å². The highest BCUT2D eigenvalue weighted by Crippen LogP contribution is 2.25. The van der Waals surface area contributed by atoms with E-state index in [1.54, 1.807) is 18.2 Å². The van der Waals surface area contributed by atoms with Gasteiger partial charge < -0.3 is 8.94 Å². The molecule has 3 heterocycles. The molecule has 0 N–H and O–H groups in total. The van der Waals surface area contributed by atoms with Gasteiger partial charge in [-0.05, 0) is 24.3 Å². The van der Waals surface area contributed by atoms with E-state index in [4.69, 9.17) is 8.94 Å². The standard InChI is InChI=1S/C18H17F2N3O4S/c19-14-3-1-4-15(20)18(14)28(24,25)23-8-6-22(7-9-23)12-13-11-17(27-21-13)16-5-2-10-26-16/h1-5,10-11H,6-9,12H2. The van der Waals surface area contributed by atoms with Crippen LogP contribution in [-0.4, -0.2) is 49.0 Å². The Balaban J connectivity index is 1.41. The summed E-state index contributed by atoms with van der Waals surface area (Å²) < 4.78 is 64.6. The van der Waals surface area contributed by atoms with Crippen LogP contribution >= 0.6 is 0 Å². The highest BCUT2D eigenvalue weighted by molar-refractivity contribution is 7.89. The number of sulfonamides is 1. The average Bonchev–Trinajstić information content (AvgIpc) is 3.33. The lowest BCUT2D eigenvalue weighted by atomic mass is 10.3. The summed E-state index contributed by atoms with van der Waals surface area (Å²) in [5.74, 6) is -1.09. The molecule has 28 heavy (non-hydrogen) atoms. The van der Waals surface area contributed by atoms with Gasteiger partial charge in [-0.25, -0.2) is 17.2 Å². The summed E-state index contributed by atoms with van der Waals surface area (Å²) in [7, 11) is -4.24. The van der Waals surface area contributed by atoms with Crippen LogP contribution in [0.3, 0.4) is 0 Å². The Morgan fingerprint density at radius 3 is 2.36 bits per heavy atom. The number of hydrogen-bond acceptors (Lipinski definition) is 6. The second-order valence-corrected chi connectivity index (χ2v) is 8.27. The first kappa shape index (κ1) is 18.8. The number of aromatic nitrogens is 1. The first-order chi connectivity index (χ1) is 13.4. The fraction of sp³-hybridized carbons (Fsp3) is 0.278. The van der Waals surface area contributed by atoms with Crippen molar-refractivity contribution < 1.29 is 26.1 Å². The van der Waals surface area contributed by atoms with Crippen molar-refractivity contribution in [3.63, 3.8) is 0 Å². The number of furan rings is 1. The molecule has 7 nitrogen and oxygen atoms in total. The maximum absolute atomic E-state index is 13.9. The van der Waals surface area contributed by atoms with Crippen molar-refractivity contribution in [3.05, 3.63) is 60.0 Å². The fourth-order valence-corrected chi connectivity index (χ4v) is 4.67. The lowest BCUT2D eigenvalue weighted by Crippen LogP contribution is -2.48. The average molecular weight is 409 g/mol. The van der Waals surface area contributed by atoms with Gasteiger partial charge in [0.25, 0.3) is 0 Å². The van der Waals surface area contributed by atoms with Gasteiger partial charge in [0, 0.05) is 38.8 Å². The Morgan fingerprint density at radius 2 is 1.71 bits per heavy atom. The van der Waals surface area contributed by atoms with Crippen LogP contribution in [0.4, 0.5) is 8.78 Å². The molecule has 1 aliphatic heterocycles. The molecule has 1 aliphatic rings. The van der Waals surface area contributed by atoms with E-state index >= 15 is 0 Å². The van der Waals surface area contributed by atoms with Gasteiger partial charge in [-0.15, -0.1) is 0 Å². The number of nitrogens with zero attached hydrogens (tertiary/aromatic N) is 3. The third-order valence-corrected chi connectivity index (χ3v) is 6.51. The molecule has 0 atom stereocenters. The number of piperazine rings is 1. The van der Waals surface area contributed by atoms with Gasteiger partial charge in [0.05, 0.1) is 12.0 Å². The molecule has 0 bridgehead atoms. The molecule has 148 valence electrons. The Kier molecular flexibility index (Phi) is 5.00. The van der Waals surface area contributed by atoms with Crippen molar-refractivity contribution in [2.45, 2.75) is 11.4 Å². The third kappa shape index (κ3) is 3.58. The Morgan fingerprint density at radius 1 is 1.00 bits per heavy atom. The van der Waals surface area contributed by atoms with Gasteiger partial charge in [0.15, 0.2) is 10.7 Å². The lowest BCUT2D eigenvalue weighted by molar-refractivity contribution is 0.177. The van der Waals surface area contributed by atoms with Crippen molar-refractivity contribution >= 4 is 10.0 Å². The number of halogens is 2. The van der Waals surface area contributed by atoms with Gasteiger partial charge in [0.2, 0.25) is 15.8 Å². The second kappa shape index (κ2) is 7.46. The minimum Gasteiger partial charge on any atom is -0.461 e. The fourth-order valence-electron chi connectivity index (χ4n) is 3.14. The number of rotatable bonds is 5. The monoisotopic (exact) mass is 409 g/mol. The molecule has 0 amide bonds. The summed E-state index contributed by atoms with van der Waals surface area (Å²) in [6.45, 7) is 1.51. The van der Waals surface area contributed by atoms with E-state index in [9.17, 15) is 17.2 Å². The lowest BCUT2D eigenvalue weighted by Gasteiger charge is -2.33. The van der Waals surface area contributed by atoms with Gasteiger partial charge in [-0.3, -0.25) is 4.90 Å². The summed E-state index contributed by atoms with van der Waals surface area (Å²) in [4.78, 5) is 1.09. The Hall–Kier alpha value is -2.56. The Bertz CT molecular complexity index is 1040. The van der Waals surface area contributed by atoms with E-state index in [0.29, 0.717) is 36.8 Å². The molecule has 0 radical (unpaired) electrons. The molecule has 0 aliphatic carbocycles. The van der Waals surface area contributed by atoms with Crippen molar-refractivity contribution in [1.29, 1.82) is 0 Å². The van der Waals surface area contributed by atoms with Crippen molar-refractivity contribution in [1.82, 2.24) is 14.4 Å². The van der Waals surface area contributed by atoms with Crippen LogP contribution in [0.25, 0.3) is 11.5 Å². The minimum atomic E-state index is -4.24. The van der Waals surface area contributed by atoms with E-state index in [-0.39, 0.29) is 13.1 Å². The van der Waals surface area contributed by atoms with E-state index < -0.39 is 26.6 Å². The van der Waals surface area contributed by atoms with E-state index in [1.807, 2.05) is 4.90 Å². The van der Waals surface area contributed by atoms with Gasteiger partial charge in [0.1, 0.15) is 11.6 Å². The smallest absolute Gasteiger partial charge is 0.249 e. The first-order valence-corrected chi connectivity index (χ1v) is 10.0. The predicted octanol–water partition coefficient (Wildman–Crippen LogP) is 2.72. The molecule has 1 saturated heterocycles. The number of benzene rings is 1. The predicted molar refractivity (Wildman–Crippen MR) is 94.6 cm³/mol. The van der Waals surface area contributed by atoms with Crippen molar-refractivity contribution in [2.75, 3.05) is 26.2 Å². The maximum atomic E-state index is 13.9. The van der Waals surface area contributed by atoms with Crippen LogP contribution in [0.1, 0.15) is 5.69 Å². The topological polar surface area (TPSA) is 79.8 Å². The number of hydrogen-bond donors (Lipinski definition) is 0.